The normalized spacial score (nSPS) is 11.6. The summed E-state index contributed by atoms with van der Waals surface area (Å²) >= 11 is 3.23. The van der Waals surface area contributed by atoms with Gasteiger partial charge in [0.05, 0.1) is 12.2 Å². The van der Waals surface area contributed by atoms with Crippen LogP contribution >= 0.6 is 15.9 Å². The molecule has 1 aromatic heterocycles. The number of Topliss-reactive ketones (excluding diaryl/α,β-unsaturated/α-hetero) is 1. The number of halogens is 1. The van der Waals surface area contributed by atoms with Gasteiger partial charge in [-0.25, -0.2) is 4.79 Å². The summed E-state index contributed by atoms with van der Waals surface area (Å²) in [6.45, 7) is 3.99. The molecular formula is C17H16BrNO4. The molecule has 0 amide bonds. The Kier molecular flexibility index (Phi) is 5.87. The molecular weight excluding hydrogens is 362 g/mol. The van der Waals surface area contributed by atoms with Gasteiger partial charge in [0.2, 0.25) is 5.78 Å². The van der Waals surface area contributed by atoms with E-state index >= 15 is 0 Å². The first kappa shape index (κ1) is 17.1. The van der Waals surface area contributed by atoms with Crippen LogP contribution < -0.4 is 4.74 Å². The van der Waals surface area contributed by atoms with Crippen LogP contribution in [-0.2, 0) is 4.74 Å². The zero-order chi connectivity index (χ0) is 16.8. The summed E-state index contributed by atoms with van der Waals surface area (Å²) in [7, 11) is 0. The predicted molar refractivity (Wildman–Crippen MR) is 88.8 cm³/mol. The first-order valence-electron chi connectivity index (χ1n) is 7.10. The quantitative estimate of drug-likeness (QED) is 0.567. The van der Waals surface area contributed by atoms with Crippen LogP contribution in [0.5, 0.6) is 5.75 Å². The van der Waals surface area contributed by atoms with E-state index in [4.69, 9.17) is 9.47 Å². The molecule has 1 aromatic carbocycles. The fraction of sp³-hybridized carbons (Fsp3) is 0.235. The number of benzene rings is 1. The average molecular weight is 378 g/mol. The summed E-state index contributed by atoms with van der Waals surface area (Å²) in [5.41, 5.74) is 0.742. The summed E-state index contributed by atoms with van der Waals surface area (Å²) in [4.78, 5) is 28.2. The van der Waals surface area contributed by atoms with E-state index in [9.17, 15) is 9.59 Å². The Morgan fingerprint density at radius 3 is 2.48 bits per heavy atom. The van der Waals surface area contributed by atoms with Crippen molar-refractivity contribution in [1.29, 1.82) is 0 Å². The molecule has 120 valence electrons. The maximum Gasteiger partial charge on any atom is 0.340 e. The van der Waals surface area contributed by atoms with Crippen LogP contribution in [-0.4, -0.2) is 29.4 Å². The second-order valence-electron chi connectivity index (χ2n) is 4.76. The van der Waals surface area contributed by atoms with Crippen LogP contribution in [0.4, 0.5) is 0 Å². The van der Waals surface area contributed by atoms with Crippen molar-refractivity contribution in [3.05, 3.63) is 58.3 Å². The Morgan fingerprint density at radius 2 is 1.87 bits per heavy atom. The van der Waals surface area contributed by atoms with Gasteiger partial charge in [-0.2, -0.15) is 0 Å². The number of pyridine rings is 1. The van der Waals surface area contributed by atoms with E-state index in [1.165, 1.54) is 6.20 Å². The molecule has 0 aliphatic rings. The molecule has 1 atom stereocenters. The summed E-state index contributed by atoms with van der Waals surface area (Å²) in [6.07, 6.45) is 2.06. The molecule has 0 saturated heterocycles. The Hall–Kier alpha value is -2.21. The van der Waals surface area contributed by atoms with Gasteiger partial charge in [-0.15, -0.1) is 0 Å². The van der Waals surface area contributed by atoms with E-state index < -0.39 is 12.1 Å². The lowest BCUT2D eigenvalue weighted by atomic mass is 10.1. The monoisotopic (exact) mass is 377 g/mol. The van der Waals surface area contributed by atoms with Crippen molar-refractivity contribution in [1.82, 2.24) is 4.98 Å². The maximum atomic E-state index is 12.3. The molecule has 0 spiro atoms. The number of nitrogens with zero attached hydrogens (tertiary/aromatic N) is 1. The smallest absolute Gasteiger partial charge is 0.340 e. The number of carbonyl (C=O) groups excluding carboxylic acids is 2. The molecule has 1 heterocycles. The van der Waals surface area contributed by atoms with Gasteiger partial charge in [-0.1, -0.05) is 0 Å². The highest BCUT2D eigenvalue weighted by atomic mass is 79.9. The molecule has 0 radical (unpaired) electrons. The van der Waals surface area contributed by atoms with Gasteiger partial charge >= 0.3 is 5.97 Å². The Labute approximate surface area is 142 Å². The summed E-state index contributed by atoms with van der Waals surface area (Å²) in [6, 6.07) is 8.31. The van der Waals surface area contributed by atoms with Crippen LogP contribution in [0.15, 0.2) is 47.2 Å². The summed E-state index contributed by atoms with van der Waals surface area (Å²) in [5, 5.41) is 0. The van der Waals surface area contributed by atoms with Crippen LogP contribution in [0.3, 0.4) is 0 Å². The lowest BCUT2D eigenvalue weighted by molar-refractivity contribution is 0.0318. The summed E-state index contributed by atoms with van der Waals surface area (Å²) < 4.78 is 11.2. The minimum atomic E-state index is -0.889. The second-order valence-corrected chi connectivity index (χ2v) is 5.68. The van der Waals surface area contributed by atoms with Crippen LogP contribution in [0.2, 0.25) is 0 Å². The van der Waals surface area contributed by atoms with E-state index in [1.54, 1.807) is 43.5 Å². The zero-order valence-corrected chi connectivity index (χ0v) is 14.4. The number of hydrogen-bond acceptors (Lipinski definition) is 5. The third-order valence-electron chi connectivity index (χ3n) is 3.04. The minimum Gasteiger partial charge on any atom is -0.494 e. The maximum absolute atomic E-state index is 12.3. The molecule has 0 saturated carbocycles. The third kappa shape index (κ3) is 4.63. The van der Waals surface area contributed by atoms with Crippen molar-refractivity contribution in [3.63, 3.8) is 0 Å². The summed E-state index contributed by atoms with van der Waals surface area (Å²) in [5.74, 6) is -0.177. The number of aromatic nitrogens is 1. The van der Waals surface area contributed by atoms with Gasteiger partial charge in [0, 0.05) is 22.4 Å². The van der Waals surface area contributed by atoms with Crippen molar-refractivity contribution < 1.29 is 19.1 Å². The first-order chi connectivity index (χ1) is 11.0. The van der Waals surface area contributed by atoms with E-state index in [0.29, 0.717) is 22.4 Å². The number of ether oxygens (including phenoxy) is 2. The fourth-order valence-electron chi connectivity index (χ4n) is 1.92. The van der Waals surface area contributed by atoms with Crippen molar-refractivity contribution in [2.24, 2.45) is 0 Å². The van der Waals surface area contributed by atoms with Gasteiger partial charge in [0.1, 0.15) is 5.75 Å². The van der Waals surface area contributed by atoms with E-state index in [0.717, 1.165) is 0 Å². The van der Waals surface area contributed by atoms with E-state index in [-0.39, 0.29) is 11.3 Å². The molecule has 0 aliphatic heterocycles. The molecule has 2 rings (SSSR count). The number of hydrogen-bond donors (Lipinski definition) is 0. The molecule has 0 N–H and O–H groups in total. The highest BCUT2D eigenvalue weighted by Gasteiger charge is 2.20. The van der Waals surface area contributed by atoms with Gasteiger partial charge < -0.3 is 9.47 Å². The fourth-order valence-corrected chi connectivity index (χ4v) is 2.29. The zero-order valence-electron chi connectivity index (χ0n) is 12.8. The largest absolute Gasteiger partial charge is 0.494 e. The van der Waals surface area contributed by atoms with Crippen LogP contribution in [0.25, 0.3) is 0 Å². The van der Waals surface area contributed by atoms with Crippen molar-refractivity contribution in [3.8, 4) is 5.75 Å². The van der Waals surface area contributed by atoms with E-state index in [2.05, 4.69) is 20.9 Å². The number of rotatable bonds is 6. The molecule has 0 aliphatic carbocycles. The predicted octanol–water partition coefficient (Wildman–Crippen LogP) is 3.67. The molecule has 23 heavy (non-hydrogen) atoms. The third-order valence-corrected chi connectivity index (χ3v) is 3.48. The van der Waals surface area contributed by atoms with Gasteiger partial charge in [0.25, 0.3) is 0 Å². The van der Waals surface area contributed by atoms with Gasteiger partial charge in [-0.3, -0.25) is 9.78 Å². The number of esters is 1. The SMILES string of the molecule is CCOc1ccc(C(=O)[C@@H](C)OC(=O)c2cncc(Br)c2)cc1. The highest BCUT2D eigenvalue weighted by molar-refractivity contribution is 9.10. The Balaban J connectivity index is 2.03. The molecule has 6 heteroatoms. The van der Waals surface area contributed by atoms with Crippen LogP contribution in [0, 0.1) is 0 Å². The number of ketones is 1. The lowest BCUT2D eigenvalue weighted by Crippen LogP contribution is -2.24. The molecule has 0 unspecified atom stereocenters. The molecule has 0 fully saturated rings. The van der Waals surface area contributed by atoms with Gasteiger partial charge in [-0.05, 0) is 60.1 Å². The molecule has 2 aromatic rings. The average Bonchev–Trinajstić information content (AvgIpc) is 2.55. The van der Waals surface area contributed by atoms with E-state index in [1.807, 2.05) is 6.92 Å². The molecule has 0 bridgehead atoms. The molecule has 5 nitrogen and oxygen atoms in total. The first-order valence-corrected chi connectivity index (χ1v) is 7.89. The number of carbonyl (C=O) groups is 2. The Bertz CT molecular complexity index is 700. The topological polar surface area (TPSA) is 65.5 Å². The lowest BCUT2D eigenvalue weighted by Gasteiger charge is -2.12. The van der Waals surface area contributed by atoms with Crippen molar-refractivity contribution >= 4 is 27.7 Å². The highest BCUT2D eigenvalue weighted by Crippen LogP contribution is 2.16. The van der Waals surface area contributed by atoms with Crippen molar-refractivity contribution in [2.75, 3.05) is 6.61 Å². The minimum absolute atomic E-state index is 0.274. The second kappa shape index (κ2) is 7.87. The van der Waals surface area contributed by atoms with Crippen LogP contribution in [0.1, 0.15) is 34.6 Å². The van der Waals surface area contributed by atoms with Gasteiger partial charge in [0.15, 0.2) is 6.10 Å². The standard InChI is InChI=1S/C17H16BrNO4/c1-3-22-15-6-4-12(5-7-15)16(20)11(2)23-17(21)13-8-14(18)10-19-9-13/h4-11H,3H2,1-2H3/t11-/m1/s1. The Morgan fingerprint density at radius 1 is 1.17 bits per heavy atom. The van der Waals surface area contributed by atoms with Crippen molar-refractivity contribution in [2.45, 2.75) is 20.0 Å².